The molecule has 3 heteroatoms. The Hall–Kier alpha value is -2.81. The third-order valence-electron chi connectivity index (χ3n) is 3.36. The molecule has 0 aliphatic carbocycles. The van der Waals surface area contributed by atoms with Gasteiger partial charge in [0.05, 0.1) is 0 Å². The third-order valence-corrected chi connectivity index (χ3v) is 3.36. The van der Waals surface area contributed by atoms with Crippen LogP contribution in [0, 0.1) is 5.82 Å². The number of hydrogen-bond donors (Lipinski definition) is 1. The predicted octanol–water partition coefficient (Wildman–Crippen LogP) is 4.65. The zero-order valence-corrected chi connectivity index (χ0v) is 12.0. The molecule has 110 valence electrons. The molecule has 0 heterocycles. The molecule has 2 N–H and O–H groups in total. The van der Waals surface area contributed by atoms with Crippen molar-refractivity contribution >= 4 is 5.69 Å². The lowest BCUT2D eigenvalue weighted by atomic mass is 10.0. The van der Waals surface area contributed by atoms with E-state index in [0.29, 0.717) is 23.6 Å². The number of benzene rings is 3. The monoisotopic (exact) mass is 293 g/mol. The molecule has 3 aromatic rings. The Labute approximate surface area is 129 Å². The summed E-state index contributed by atoms with van der Waals surface area (Å²) in [5, 5.41) is 0. The molecule has 0 amide bonds. The van der Waals surface area contributed by atoms with Crippen LogP contribution in [0.3, 0.4) is 0 Å². The fourth-order valence-corrected chi connectivity index (χ4v) is 2.33. The summed E-state index contributed by atoms with van der Waals surface area (Å²) in [6.07, 6.45) is 0. The minimum Gasteiger partial charge on any atom is -0.488 e. The number of hydrogen-bond acceptors (Lipinski definition) is 2. The van der Waals surface area contributed by atoms with E-state index in [9.17, 15) is 4.39 Å². The highest BCUT2D eigenvalue weighted by molar-refractivity contribution is 5.73. The van der Waals surface area contributed by atoms with Gasteiger partial charge in [-0.15, -0.1) is 0 Å². The largest absolute Gasteiger partial charge is 0.488 e. The van der Waals surface area contributed by atoms with Gasteiger partial charge in [0, 0.05) is 11.3 Å². The fraction of sp³-hybridized carbons (Fsp3) is 0.0526. The number of ether oxygens (including phenoxy) is 1. The van der Waals surface area contributed by atoms with Gasteiger partial charge in [0.2, 0.25) is 0 Å². The molecule has 0 bridgehead atoms. The molecule has 0 atom stereocenters. The van der Waals surface area contributed by atoms with Crippen LogP contribution in [0.1, 0.15) is 5.56 Å². The van der Waals surface area contributed by atoms with Crippen LogP contribution in [-0.4, -0.2) is 0 Å². The summed E-state index contributed by atoms with van der Waals surface area (Å²) in [5.41, 5.74) is 8.74. The maximum atomic E-state index is 13.6. The molecule has 22 heavy (non-hydrogen) atoms. The van der Waals surface area contributed by atoms with Crippen LogP contribution < -0.4 is 10.5 Å². The number of para-hydroxylation sites is 1. The first-order valence-corrected chi connectivity index (χ1v) is 7.04. The van der Waals surface area contributed by atoms with Crippen molar-refractivity contribution in [1.82, 2.24) is 0 Å². The summed E-state index contributed by atoms with van der Waals surface area (Å²) in [6.45, 7) is 0.461. The van der Waals surface area contributed by atoms with Crippen molar-refractivity contribution in [2.24, 2.45) is 0 Å². The SMILES string of the molecule is Nc1cc(F)cc(-c2ccccc2OCc2ccccc2)c1. The first kappa shape index (κ1) is 14.1. The molecule has 0 radical (unpaired) electrons. The number of nitrogen functional groups attached to an aromatic ring is 1. The van der Waals surface area contributed by atoms with Gasteiger partial charge in [-0.25, -0.2) is 4.39 Å². The average molecular weight is 293 g/mol. The molecule has 0 aliphatic heterocycles. The minimum absolute atomic E-state index is 0.354. The Morgan fingerprint density at radius 3 is 2.36 bits per heavy atom. The summed E-state index contributed by atoms with van der Waals surface area (Å²) in [5.74, 6) is 0.351. The standard InChI is InChI=1S/C19H16FNO/c20-16-10-15(11-17(21)12-16)18-8-4-5-9-19(18)22-13-14-6-2-1-3-7-14/h1-12H,13,21H2. The van der Waals surface area contributed by atoms with Gasteiger partial charge in [0.1, 0.15) is 18.2 Å². The van der Waals surface area contributed by atoms with Crippen LogP contribution in [0.15, 0.2) is 72.8 Å². The summed E-state index contributed by atoms with van der Waals surface area (Å²) in [6, 6.07) is 22.0. The van der Waals surface area contributed by atoms with Crippen molar-refractivity contribution in [2.75, 3.05) is 5.73 Å². The number of rotatable bonds is 4. The van der Waals surface area contributed by atoms with Crippen LogP contribution in [-0.2, 0) is 6.61 Å². The molecule has 3 aromatic carbocycles. The Bertz CT molecular complexity index is 751. The van der Waals surface area contributed by atoms with Gasteiger partial charge < -0.3 is 10.5 Å². The van der Waals surface area contributed by atoms with E-state index in [1.807, 2.05) is 54.6 Å². The number of nitrogens with two attached hydrogens (primary N) is 1. The van der Waals surface area contributed by atoms with E-state index >= 15 is 0 Å². The van der Waals surface area contributed by atoms with Gasteiger partial charge in [0.25, 0.3) is 0 Å². The molecule has 0 spiro atoms. The number of anilines is 1. The molecular weight excluding hydrogens is 277 g/mol. The highest BCUT2D eigenvalue weighted by atomic mass is 19.1. The van der Waals surface area contributed by atoms with E-state index < -0.39 is 0 Å². The van der Waals surface area contributed by atoms with Crippen LogP contribution in [0.4, 0.5) is 10.1 Å². The second-order valence-corrected chi connectivity index (χ2v) is 5.04. The molecule has 0 unspecified atom stereocenters. The van der Waals surface area contributed by atoms with Crippen molar-refractivity contribution in [2.45, 2.75) is 6.61 Å². The highest BCUT2D eigenvalue weighted by Gasteiger charge is 2.08. The molecule has 3 rings (SSSR count). The topological polar surface area (TPSA) is 35.2 Å². The van der Waals surface area contributed by atoms with E-state index in [0.717, 1.165) is 11.1 Å². The van der Waals surface area contributed by atoms with Gasteiger partial charge >= 0.3 is 0 Å². The zero-order chi connectivity index (χ0) is 15.4. The number of halogens is 1. The molecule has 0 fully saturated rings. The maximum absolute atomic E-state index is 13.6. The Morgan fingerprint density at radius 1 is 0.864 bits per heavy atom. The lowest BCUT2D eigenvalue weighted by molar-refractivity contribution is 0.307. The van der Waals surface area contributed by atoms with Gasteiger partial charge in [-0.05, 0) is 35.4 Å². The van der Waals surface area contributed by atoms with Crippen LogP contribution in [0.25, 0.3) is 11.1 Å². The second-order valence-electron chi connectivity index (χ2n) is 5.04. The second kappa shape index (κ2) is 6.31. The Kier molecular flexibility index (Phi) is 4.05. The average Bonchev–Trinajstić information content (AvgIpc) is 2.53. The highest BCUT2D eigenvalue weighted by Crippen LogP contribution is 2.32. The minimum atomic E-state index is -0.354. The smallest absolute Gasteiger partial charge is 0.127 e. The third kappa shape index (κ3) is 3.26. The van der Waals surface area contributed by atoms with E-state index in [1.165, 1.54) is 12.1 Å². The van der Waals surface area contributed by atoms with E-state index in [4.69, 9.17) is 10.5 Å². The lowest BCUT2D eigenvalue weighted by Gasteiger charge is -2.12. The molecule has 2 nitrogen and oxygen atoms in total. The first-order valence-electron chi connectivity index (χ1n) is 7.04. The van der Waals surface area contributed by atoms with Gasteiger partial charge in [-0.3, -0.25) is 0 Å². The van der Waals surface area contributed by atoms with Crippen molar-refractivity contribution in [1.29, 1.82) is 0 Å². The molecular formula is C19H16FNO. The molecule has 0 aliphatic rings. The van der Waals surface area contributed by atoms with Crippen LogP contribution >= 0.6 is 0 Å². The van der Waals surface area contributed by atoms with E-state index in [-0.39, 0.29) is 5.82 Å². The van der Waals surface area contributed by atoms with E-state index in [2.05, 4.69) is 0 Å². The predicted molar refractivity (Wildman–Crippen MR) is 87.0 cm³/mol. The van der Waals surface area contributed by atoms with Crippen molar-refractivity contribution in [3.05, 3.63) is 84.2 Å². The van der Waals surface area contributed by atoms with Gasteiger partial charge in [-0.2, -0.15) is 0 Å². The Balaban J connectivity index is 1.89. The van der Waals surface area contributed by atoms with Gasteiger partial charge in [-0.1, -0.05) is 48.5 Å². The van der Waals surface area contributed by atoms with Crippen LogP contribution in [0.5, 0.6) is 5.75 Å². The van der Waals surface area contributed by atoms with Gasteiger partial charge in [0.15, 0.2) is 0 Å². The fourth-order valence-electron chi connectivity index (χ4n) is 2.33. The lowest BCUT2D eigenvalue weighted by Crippen LogP contribution is -1.97. The quantitative estimate of drug-likeness (QED) is 0.710. The summed E-state index contributed by atoms with van der Waals surface area (Å²) >= 11 is 0. The van der Waals surface area contributed by atoms with Crippen LogP contribution in [0.2, 0.25) is 0 Å². The summed E-state index contributed by atoms with van der Waals surface area (Å²) in [7, 11) is 0. The normalized spacial score (nSPS) is 10.4. The summed E-state index contributed by atoms with van der Waals surface area (Å²) < 4.78 is 19.5. The van der Waals surface area contributed by atoms with Crippen molar-refractivity contribution in [3.63, 3.8) is 0 Å². The Morgan fingerprint density at radius 2 is 1.59 bits per heavy atom. The maximum Gasteiger partial charge on any atom is 0.127 e. The molecule has 0 saturated heterocycles. The molecule has 0 aromatic heterocycles. The molecule has 0 saturated carbocycles. The zero-order valence-electron chi connectivity index (χ0n) is 12.0. The van der Waals surface area contributed by atoms with Crippen molar-refractivity contribution in [3.8, 4) is 16.9 Å². The van der Waals surface area contributed by atoms with Crippen molar-refractivity contribution < 1.29 is 9.13 Å². The first-order chi connectivity index (χ1) is 10.7. The summed E-state index contributed by atoms with van der Waals surface area (Å²) in [4.78, 5) is 0. The van der Waals surface area contributed by atoms with E-state index in [1.54, 1.807) is 6.07 Å².